The molecule has 0 bridgehead atoms. The lowest BCUT2D eigenvalue weighted by Gasteiger charge is -2.13. The van der Waals surface area contributed by atoms with Crippen molar-refractivity contribution in [2.45, 2.75) is 45.4 Å². The van der Waals surface area contributed by atoms with Crippen LogP contribution in [0.15, 0.2) is 28.7 Å². The zero-order valence-corrected chi connectivity index (χ0v) is 16.6. The van der Waals surface area contributed by atoms with Gasteiger partial charge in [0.05, 0.1) is 5.56 Å². The molecule has 1 aromatic carbocycles. The number of hydrogen-bond acceptors (Lipinski definition) is 3. The van der Waals surface area contributed by atoms with E-state index in [-0.39, 0.29) is 11.8 Å². The molecule has 0 radical (unpaired) electrons. The molecule has 0 saturated carbocycles. The lowest BCUT2D eigenvalue weighted by atomic mass is 9.95. The van der Waals surface area contributed by atoms with Crippen LogP contribution in [0.5, 0.6) is 0 Å². The topological polar surface area (TPSA) is 58.2 Å². The highest BCUT2D eigenvalue weighted by Crippen LogP contribution is 2.38. The molecular weight excluding hydrogens is 400 g/mol. The first kappa shape index (κ1) is 18.1. The van der Waals surface area contributed by atoms with E-state index in [1.807, 2.05) is 31.2 Å². The summed E-state index contributed by atoms with van der Waals surface area (Å²) in [7, 11) is 0. The fourth-order valence-corrected chi connectivity index (χ4v) is 4.60. The summed E-state index contributed by atoms with van der Waals surface area (Å²) in [5, 5.41) is 6.61. The summed E-state index contributed by atoms with van der Waals surface area (Å²) < 4.78 is 0.964. The molecule has 4 nitrogen and oxygen atoms in total. The van der Waals surface area contributed by atoms with Gasteiger partial charge in [-0.3, -0.25) is 9.59 Å². The minimum atomic E-state index is -0.145. The molecule has 1 aromatic heterocycles. The second kappa shape index (κ2) is 8.15. The van der Waals surface area contributed by atoms with Gasteiger partial charge in [-0.25, -0.2) is 0 Å². The monoisotopic (exact) mass is 420 g/mol. The van der Waals surface area contributed by atoms with Gasteiger partial charge in [0, 0.05) is 21.5 Å². The summed E-state index contributed by atoms with van der Waals surface area (Å²) >= 11 is 4.95. The Labute approximate surface area is 160 Å². The van der Waals surface area contributed by atoms with Crippen LogP contribution >= 0.6 is 27.3 Å². The van der Waals surface area contributed by atoms with Crippen LogP contribution in [0.2, 0.25) is 0 Å². The van der Waals surface area contributed by atoms with Crippen LogP contribution < -0.4 is 10.6 Å². The van der Waals surface area contributed by atoms with Crippen LogP contribution in [0.1, 0.15) is 53.4 Å². The molecule has 0 spiro atoms. The maximum atomic E-state index is 12.9. The van der Waals surface area contributed by atoms with E-state index in [2.05, 4.69) is 26.6 Å². The molecule has 25 heavy (non-hydrogen) atoms. The quantitative estimate of drug-likeness (QED) is 0.681. The van der Waals surface area contributed by atoms with Gasteiger partial charge in [-0.2, -0.15) is 0 Å². The maximum Gasteiger partial charge on any atom is 0.258 e. The van der Waals surface area contributed by atoms with Gasteiger partial charge in [0.2, 0.25) is 5.91 Å². The number of halogens is 1. The molecule has 132 valence electrons. The van der Waals surface area contributed by atoms with Crippen molar-refractivity contribution in [2.24, 2.45) is 0 Å². The molecule has 6 heteroatoms. The number of hydrogen-bond donors (Lipinski definition) is 2. The zero-order chi connectivity index (χ0) is 17.8. The number of fused-ring (bicyclic) bond motifs is 1. The molecule has 0 saturated heterocycles. The number of rotatable bonds is 5. The van der Waals surface area contributed by atoms with Crippen molar-refractivity contribution < 1.29 is 9.59 Å². The molecule has 1 aliphatic rings. The molecule has 3 rings (SSSR count). The predicted octanol–water partition coefficient (Wildman–Crippen LogP) is 5.38. The Balaban J connectivity index is 1.89. The molecule has 1 heterocycles. The number of anilines is 2. The fraction of sp³-hybridized carbons (Fsp3) is 0.368. The molecule has 2 aromatic rings. The molecule has 2 N–H and O–H groups in total. The van der Waals surface area contributed by atoms with Crippen LogP contribution in [-0.2, 0) is 17.6 Å². The van der Waals surface area contributed by atoms with Gasteiger partial charge in [-0.1, -0.05) is 22.9 Å². The van der Waals surface area contributed by atoms with E-state index in [0.29, 0.717) is 17.0 Å². The second-order valence-corrected chi connectivity index (χ2v) is 8.20. The normalized spacial score (nSPS) is 13.2. The van der Waals surface area contributed by atoms with Crippen molar-refractivity contribution in [3.8, 4) is 0 Å². The number of aryl methyl sites for hydroxylation is 1. The summed E-state index contributed by atoms with van der Waals surface area (Å²) in [5.41, 5.74) is 2.50. The Morgan fingerprint density at radius 1 is 1.12 bits per heavy atom. The Kier molecular flexibility index (Phi) is 5.91. The van der Waals surface area contributed by atoms with E-state index < -0.39 is 0 Å². The zero-order valence-electron chi connectivity index (χ0n) is 14.2. The minimum absolute atomic E-state index is 0.0289. The lowest BCUT2D eigenvalue weighted by molar-refractivity contribution is -0.116. The van der Waals surface area contributed by atoms with Crippen molar-refractivity contribution in [1.29, 1.82) is 0 Å². The van der Waals surface area contributed by atoms with Crippen molar-refractivity contribution in [3.63, 3.8) is 0 Å². The fourth-order valence-electron chi connectivity index (χ4n) is 3.04. The first-order valence-electron chi connectivity index (χ1n) is 8.59. The number of benzene rings is 1. The van der Waals surface area contributed by atoms with E-state index in [1.54, 1.807) is 11.3 Å². The van der Waals surface area contributed by atoms with E-state index in [9.17, 15) is 9.59 Å². The van der Waals surface area contributed by atoms with Crippen molar-refractivity contribution in [1.82, 2.24) is 0 Å². The largest absolute Gasteiger partial charge is 0.322 e. The van der Waals surface area contributed by atoms with Gasteiger partial charge in [-0.05, 0) is 61.9 Å². The summed E-state index contributed by atoms with van der Waals surface area (Å²) in [4.78, 5) is 26.2. The Hall–Kier alpha value is -1.66. The Morgan fingerprint density at radius 3 is 2.56 bits per heavy atom. The Morgan fingerprint density at radius 2 is 1.84 bits per heavy atom. The summed E-state index contributed by atoms with van der Waals surface area (Å²) in [6, 6.07) is 7.50. The first-order valence-corrected chi connectivity index (χ1v) is 10.2. The van der Waals surface area contributed by atoms with Crippen LogP contribution in [0.4, 0.5) is 10.7 Å². The van der Waals surface area contributed by atoms with Gasteiger partial charge in [-0.15, -0.1) is 11.3 Å². The average molecular weight is 421 g/mol. The van der Waals surface area contributed by atoms with E-state index in [1.165, 1.54) is 4.88 Å². The third-order valence-electron chi connectivity index (χ3n) is 4.23. The van der Waals surface area contributed by atoms with E-state index in [4.69, 9.17) is 0 Å². The minimum Gasteiger partial charge on any atom is -0.322 e. The summed E-state index contributed by atoms with van der Waals surface area (Å²) in [6.07, 6.45) is 5.38. The van der Waals surface area contributed by atoms with Gasteiger partial charge in [0.25, 0.3) is 5.91 Å². The molecule has 0 unspecified atom stereocenters. The lowest BCUT2D eigenvalue weighted by Crippen LogP contribution is -2.18. The molecule has 2 amide bonds. The highest BCUT2D eigenvalue weighted by molar-refractivity contribution is 9.10. The molecule has 1 aliphatic carbocycles. The third-order valence-corrected chi connectivity index (χ3v) is 5.97. The summed E-state index contributed by atoms with van der Waals surface area (Å²) in [5.74, 6) is -0.174. The number of carbonyl (C=O) groups excluding carboxylic acids is 2. The molecule has 0 fully saturated rings. The van der Waals surface area contributed by atoms with Crippen molar-refractivity contribution in [3.05, 3.63) is 44.7 Å². The molecular formula is C19H21BrN2O2S. The highest BCUT2D eigenvalue weighted by atomic mass is 79.9. The first-order chi connectivity index (χ1) is 12.1. The average Bonchev–Trinajstić information content (AvgIpc) is 2.95. The number of carbonyl (C=O) groups is 2. The SMILES string of the molecule is CCCC(=O)Nc1sc2c(c1C(=O)Nc1ccc(Br)cc1)CCCC2. The Bertz CT molecular complexity index is 783. The van der Waals surface area contributed by atoms with E-state index in [0.717, 1.165) is 47.8 Å². The second-order valence-electron chi connectivity index (χ2n) is 6.17. The standard InChI is InChI=1S/C19H21BrN2O2S/c1-2-5-16(23)22-19-17(14-6-3-4-7-15(14)25-19)18(24)21-13-10-8-12(20)9-11-13/h8-11H,2-7H2,1H3,(H,21,24)(H,22,23). The molecule has 0 atom stereocenters. The van der Waals surface area contributed by atoms with Crippen LogP contribution in [0.25, 0.3) is 0 Å². The number of amides is 2. The van der Waals surface area contributed by atoms with Crippen LogP contribution in [0, 0.1) is 0 Å². The maximum absolute atomic E-state index is 12.9. The smallest absolute Gasteiger partial charge is 0.258 e. The van der Waals surface area contributed by atoms with Crippen molar-refractivity contribution in [2.75, 3.05) is 10.6 Å². The van der Waals surface area contributed by atoms with Gasteiger partial charge in [0.15, 0.2) is 0 Å². The third kappa shape index (κ3) is 4.30. The van der Waals surface area contributed by atoms with Gasteiger partial charge >= 0.3 is 0 Å². The van der Waals surface area contributed by atoms with Crippen molar-refractivity contribution >= 4 is 49.8 Å². The molecule has 0 aliphatic heterocycles. The highest BCUT2D eigenvalue weighted by Gasteiger charge is 2.26. The van der Waals surface area contributed by atoms with Gasteiger partial charge in [0.1, 0.15) is 5.00 Å². The van der Waals surface area contributed by atoms with E-state index >= 15 is 0 Å². The predicted molar refractivity (Wildman–Crippen MR) is 107 cm³/mol. The number of nitrogens with one attached hydrogen (secondary N) is 2. The summed E-state index contributed by atoms with van der Waals surface area (Å²) in [6.45, 7) is 1.97. The van der Waals surface area contributed by atoms with Crippen LogP contribution in [0.3, 0.4) is 0 Å². The van der Waals surface area contributed by atoms with Crippen LogP contribution in [-0.4, -0.2) is 11.8 Å². The van der Waals surface area contributed by atoms with Gasteiger partial charge < -0.3 is 10.6 Å². The number of thiophene rings is 1.